The highest BCUT2D eigenvalue weighted by molar-refractivity contribution is 6.52. The monoisotopic (exact) mass is 345 g/mol. The highest BCUT2D eigenvalue weighted by Gasteiger charge is 2.36. The number of fused-ring (bicyclic) bond motifs is 3. The second kappa shape index (κ2) is 6.11. The number of hydrogen-bond acceptors (Lipinski definition) is 4. The van der Waals surface area contributed by atoms with Crippen molar-refractivity contribution >= 4 is 17.5 Å². The lowest BCUT2D eigenvalue weighted by Crippen LogP contribution is -2.24. The number of nitrogens with zero attached hydrogens (tertiary/aromatic N) is 1. The molecule has 0 atom stereocenters. The van der Waals surface area contributed by atoms with Gasteiger partial charge >= 0.3 is 5.97 Å². The van der Waals surface area contributed by atoms with Gasteiger partial charge in [-0.1, -0.05) is 42.5 Å². The number of aromatic nitrogens is 1. The van der Waals surface area contributed by atoms with Crippen molar-refractivity contribution in [2.24, 2.45) is 0 Å². The van der Waals surface area contributed by atoms with E-state index in [4.69, 9.17) is 4.74 Å². The van der Waals surface area contributed by atoms with Gasteiger partial charge in [0.2, 0.25) is 5.78 Å². The third-order valence-electron chi connectivity index (χ3n) is 4.38. The van der Waals surface area contributed by atoms with Crippen LogP contribution in [0.4, 0.5) is 0 Å². The molecule has 0 radical (unpaired) electrons. The number of ether oxygens (including phenoxy) is 1. The van der Waals surface area contributed by atoms with Crippen LogP contribution in [0.1, 0.15) is 38.3 Å². The summed E-state index contributed by atoms with van der Waals surface area (Å²) in [7, 11) is 0. The fraction of sp³-hybridized carbons (Fsp3) is 0.0952. The largest absolute Gasteiger partial charge is 0.461 e. The summed E-state index contributed by atoms with van der Waals surface area (Å²) in [6.45, 7) is 1.94. The summed E-state index contributed by atoms with van der Waals surface area (Å²) >= 11 is 0. The maximum Gasteiger partial charge on any atom is 0.355 e. The first-order valence-corrected chi connectivity index (χ1v) is 8.30. The highest BCUT2D eigenvalue weighted by atomic mass is 16.5. The zero-order chi connectivity index (χ0) is 18.3. The van der Waals surface area contributed by atoms with Crippen molar-refractivity contribution in [1.82, 2.24) is 4.57 Å². The molecule has 0 unspecified atom stereocenters. The number of hydrogen-bond donors (Lipinski definition) is 0. The molecule has 1 aliphatic rings. The van der Waals surface area contributed by atoms with Crippen LogP contribution in [0.2, 0.25) is 0 Å². The maximum atomic E-state index is 12.8. The summed E-state index contributed by atoms with van der Waals surface area (Å²) in [5.74, 6) is -1.74. The lowest BCUT2D eigenvalue weighted by molar-refractivity contribution is 0.0516. The molecule has 0 saturated carbocycles. The first-order chi connectivity index (χ1) is 12.6. The predicted octanol–water partition coefficient (Wildman–Crippen LogP) is 3.70. The van der Waals surface area contributed by atoms with Gasteiger partial charge in [0.25, 0.3) is 5.78 Å². The van der Waals surface area contributed by atoms with Crippen molar-refractivity contribution < 1.29 is 19.1 Å². The van der Waals surface area contributed by atoms with Crippen LogP contribution in [-0.2, 0) is 4.74 Å². The first kappa shape index (κ1) is 16.0. The Balaban J connectivity index is 2.06. The summed E-state index contributed by atoms with van der Waals surface area (Å²) in [5, 5.41) is 0. The molecule has 2 aromatic carbocycles. The third kappa shape index (κ3) is 2.29. The number of Topliss-reactive ketones (excluding diaryl/α,β-unsaturated/α-hetero) is 2. The smallest absolute Gasteiger partial charge is 0.355 e. The van der Waals surface area contributed by atoms with Crippen molar-refractivity contribution in [2.45, 2.75) is 6.92 Å². The Morgan fingerprint density at radius 1 is 0.885 bits per heavy atom. The van der Waals surface area contributed by atoms with Crippen LogP contribution in [-0.4, -0.2) is 28.7 Å². The third-order valence-corrected chi connectivity index (χ3v) is 4.38. The van der Waals surface area contributed by atoms with E-state index >= 15 is 0 Å². The Morgan fingerprint density at radius 3 is 2.23 bits per heavy atom. The van der Waals surface area contributed by atoms with Crippen molar-refractivity contribution in [3.63, 3.8) is 0 Å². The van der Waals surface area contributed by atoms with Crippen LogP contribution in [0.5, 0.6) is 0 Å². The van der Waals surface area contributed by atoms with Gasteiger partial charge in [-0.25, -0.2) is 4.79 Å². The second-order valence-electron chi connectivity index (χ2n) is 5.89. The lowest BCUT2D eigenvalue weighted by atomic mass is 9.88. The van der Waals surface area contributed by atoms with E-state index in [0.29, 0.717) is 22.4 Å². The fourth-order valence-electron chi connectivity index (χ4n) is 3.29. The predicted molar refractivity (Wildman–Crippen MR) is 95.8 cm³/mol. The molecule has 0 N–H and O–H groups in total. The molecule has 0 saturated heterocycles. The van der Waals surface area contributed by atoms with Crippen LogP contribution < -0.4 is 0 Å². The van der Waals surface area contributed by atoms with Crippen LogP contribution >= 0.6 is 0 Å². The Kier molecular flexibility index (Phi) is 3.77. The molecule has 3 aromatic rings. The van der Waals surface area contributed by atoms with Gasteiger partial charge in [0.15, 0.2) is 0 Å². The van der Waals surface area contributed by atoms with E-state index in [1.54, 1.807) is 61.5 Å². The maximum absolute atomic E-state index is 12.8. The number of carbonyl (C=O) groups is 3. The molecule has 26 heavy (non-hydrogen) atoms. The number of ketones is 2. The topological polar surface area (TPSA) is 65.4 Å². The quantitative estimate of drug-likeness (QED) is 0.536. The first-order valence-electron chi connectivity index (χ1n) is 8.30. The van der Waals surface area contributed by atoms with Crippen molar-refractivity contribution in [3.8, 4) is 16.8 Å². The normalized spacial score (nSPS) is 12.5. The summed E-state index contributed by atoms with van der Waals surface area (Å²) in [6.07, 6.45) is 0. The van der Waals surface area contributed by atoms with Gasteiger partial charge in [0.1, 0.15) is 11.4 Å². The Morgan fingerprint density at radius 2 is 1.54 bits per heavy atom. The van der Waals surface area contributed by atoms with E-state index in [0.717, 1.165) is 0 Å². The zero-order valence-corrected chi connectivity index (χ0v) is 14.1. The van der Waals surface area contributed by atoms with Crippen LogP contribution in [0.25, 0.3) is 16.8 Å². The summed E-state index contributed by atoms with van der Waals surface area (Å²) in [5.41, 5.74) is 2.61. The van der Waals surface area contributed by atoms with Gasteiger partial charge in [-0.3, -0.25) is 14.2 Å². The van der Waals surface area contributed by atoms with E-state index in [-0.39, 0.29) is 18.0 Å². The molecule has 1 aromatic heterocycles. The van der Waals surface area contributed by atoms with Crippen LogP contribution in [0, 0.1) is 0 Å². The van der Waals surface area contributed by atoms with E-state index < -0.39 is 17.5 Å². The Labute approximate surface area is 149 Å². The SMILES string of the molecule is CCOC(=O)c1cc2c(n1-c1ccccc1)C(=O)C(=O)c1ccccc1-2. The number of para-hydroxylation sites is 1. The number of carbonyl (C=O) groups excluding carboxylic acids is 3. The molecule has 1 heterocycles. The van der Waals surface area contributed by atoms with Gasteiger partial charge in [-0.05, 0) is 30.7 Å². The van der Waals surface area contributed by atoms with Gasteiger partial charge in [0, 0.05) is 16.8 Å². The van der Waals surface area contributed by atoms with Crippen molar-refractivity contribution in [2.75, 3.05) is 6.61 Å². The van der Waals surface area contributed by atoms with E-state index in [2.05, 4.69) is 0 Å². The Bertz CT molecular complexity index is 1050. The van der Waals surface area contributed by atoms with Gasteiger partial charge in [-0.15, -0.1) is 0 Å². The molecule has 5 nitrogen and oxygen atoms in total. The Hall–Kier alpha value is -3.47. The average molecular weight is 345 g/mol. The zero-order valence-electron chi connectivity index (χ0n) is 14.1. The van der Waals surface area contributed by atoms with E-state index in [1.807, 2.05) is 6.07 Å². The lowest BCUT2D eigenvalue weighted by Gasteiger charge is -2.17. The van der Waals surface area contributed by atoms with Crippen LogP contribution in [0.15, 0.2) is 60.7 Å². The van der Waals surface area contributed by atoms with Crippen molar-refractivity contribution in [1.29, 1.82) is 0 Å². The number of rotatable bonds is 3. The molecule has 0 fully saturated rings. The molecule has 0 aliphatic heterocycles. The molecule has 128 valence electrons. The summed E-state index contributed by atoms with van der Waals surface area (Å²) in [4.78, 5) is 38.0. The van der Waals surface area contributed by atoms with Crippen molar-refractivity contribution in [3.05, 3.63) is 77.6 Å². The summed E-state index contributed by atoms with van der Waals surface area (Å²) < 4.78 is 6.68. The minimum atomic E-state index is -0.627. The number of benzene rings is 2. The van der Waals surface area contributed by atoms with E-state index in [1.165, 1.54) is 4.57 Å². The summed E-state index contributed by atoms with van der Waals surface area (Å²) in [6, 6.07) is 17.6. The number of esters is 1. The molecular weight excluding hydrogens is 330 g/mol. The molecule has 0 bridgehead atoms. The molecule has 4 rings (SSSR count). The molecular formula is C21H15NO4. The van der Waals surface area contributed by atoms with E-state index in [9.17, 15) is 14.4 Å². The van der Waals surface area contributed by atoms with Gasteiger partial charge in [0.05, 0.1) is 6.61 Å². The second-order valence-corrected chi connectivity index (χ2v) is 5.89. The average Bonchev–Trinajstić information content (AvgIpc) is 3.08. The van der Waals surface area contributed by atoms with Crippen LogP contribution in [0.3, 0.4) is 0 Å². The molecule has 0 spiro atoms. The van der Waals surface area contributed by atoms with Gasteiger partial charge < -0.3 is 4.74 Å². The molecule has 0 amide bonds. The minimum absolute atomic E-state index is 0.197. The highest BCUT2D eigenvalue weighted by Crippen LogP contribution is 2.37. The molecule has 1 aliphatic carbocycles. The molecule has 5 heteroatoms. The minimum Gasteiger partial charge on any atom is -0.461 e. The standard InChI is InChI=1S/C21H15NO4/c1-2-26-21(25)17-12-16-14-10-6-7-11-15(14)19(23)20(24)18(16)22(17)13-8-4-3-5-9-13/h3-12H,2H2,1H3. The fourth-order valence-corrected chi connectivity index (χ4v) is 3.29. The van der Waals surface area contributed by atoms with Gasteiger partial charge in [-0.2, -0.15) is 0 Å².